The molecule has 0 bridgehead atoms. The van der Waals surface area contributed by atoms with Gasteiger partial charge in [-0.05, 0) is 19.1 Å². The predicted molar refractivity (Wildman–Crippen MR) is 61.8 cm³/mol. The molecule has 0 saturated heterocycles. The molecule has 0 unspecified atom stereocenters. The zero-order valence-corrected chi connectivity index (χ0v) is 9.17. The second-order valence-corrected chi connectivity index (χ2v) is 3.41. The molecule has 2 N–H and O–H groups in total. The molecular weight excluding hydrogens is 229 g/mol. The minimum absolute atomic E-state index is 0.209. The first-order valence-corrected chi connectivity index (χ1v) is 4.71. The van der Waals surface area contributed by atoms with Gasteiger partial charge in [-0.15, -0.1) is 0 Å². The molecule has 0 spiro atoms. The lowest BCUT2D eigenvalue weighted by atomic mass is 10.1. The average Bonchev–Trinajstić information content (AvgIpc) is 2.22. The molecule has 0 atom stereocenters. The van der Waals surface area contributed by atoms with E-state index in [-0.39, 0.29) is 11.3 Å². The minimum Gasteiger partial charge on any atom is -0.398 e. The number of nitrogens with zero attached hydrogens (tertiary/aromatic N) is 1. The molecule has 90 valence electrons. The largest absolute Gasteiger partial charge is 0.398 e. The topological polar surface area (TPSA) is 38.4 Å². The van der Waals surface area contributed by atoms with Crippen molar-refractivity contribution < 1.29 is 13.2 Å². The number of allylic oxidation sites excluding steroid dienone is 2. The van der Waals surface area contributed by atoms with Crippen molar-refractivity contribution in [1.29, 1.82) is 0 Å². The van der Waals surface area contributed by atoms with Gasteiger partial charge < -0.3 is 5.73 Å². The van der Waals surface area contributed by atoms with Crippen molar-refractivity contribution in [1.82, 2.24) is 0 Å². The van der Waals surface area contributed by atoms with E-state index in [9.17, 15) is 13.2 Å². The molecule has 0 aliphatic rings. The Morgan fingerprint density at radius 3 is 2.59 bits per heavy atom. The molecule has 0 radical (unpaired) electrons. The van der Waals surface area contributed by atoms with Gasteiger partial charge in [-0.25, -0.2) is 13.2 Å². The SMILES string of the molecule is C=C(N)C=N/C(C)=C\c1cc(F)cc(F)c1F. The summed E-state index contributed by atoms with van der Waals surface area (Å²) in [6.45, 7) is 4.93. The normalized spacial score (nSPS) is 12.1. The molecule has 2 nitrogen and oxygen atoms in total. The predicted octanol–water partition coefficient (Wildman–Crippen LogP) is 3.01. The number of hydrogen-bond donors (Lipinski definition) is 1. The lowest BCUT2D eigenvalue weighted by molar-refractivity contribution is 0.493. The molecule has 0 aliphatic heterocycles. The molecule has 0 saturated carbocycles. The maximum absolute atomic E-state index is 13.3. The number of rotatable bonds is 3. The smallest absolute Gasteiger partial charge is 0.166 e. The summed E-state index contributed by atoms with van der Waals surface area (Å²) in [5, 5.41) is 0. The van der Waals surface area contributed by atoms with E-state index in [1.165, 1.54) is 12.3 Å². The molecule has 0 heterocycles. The summed E-state index contributed by atoms with van der Waals surface area (Å²) < 4.78 is 39.0. The molecule has 0 aliphatic carbocycles. The van der Waals surface area contributed by atoms with Crippen LogP contribution in [0.3, 0.4) is 0 Å². The summed E-state index contributed by atoms with van der Waals surface area (Å²) in [7, 11) is 0. The number of benzene rings is 1. The third kappa shape index (κ3) is 3.79. The lowest BCUT2D eigenvalue weighted by Gasteiger charge is -2.00. The molecule has 0 amide bonds. The standard InChI is InChI=1S/C12H11F3N2/c1-7(16)6-17-8(2)3-9-4-10(13)5-11(14)12(9)15/h3-6H,1,16H2,2H3/b8-3-,17-6?. The van der Waals surface area contributed by atoms with Crippen molar-refractivity contribution in [2.24, 2.45) is 10.7 Å². The van der Waals surface area contributed by atoms with E-state index in [0.29, 0.717) is 11.8 Å². The monoisotopic (exact) mass is 240 g/mol. The summed E-state index contributed by atoms with van der Waals surface area (Å²) in [6, 6.07) is 1.36. The fourth-order valence-electron chi connectivity index (χ4n) is 1.13. The van der Waals surface area contributed by atoms with Crippen LogP contribution in [-0.2, 0) is 0 Å². The molecule has 1 rings (SSSR count). The third-order valence-electron chi connectivity index (χ3n) is 1.82. The fraction of sp³-hybridized carbons (Fsp3) is 0.0833. The Morgan fingerprint density at radius 1 is 1.35 bits per heavy atom. The quantitative estimate of drug-likeness (QED) is 0.640. The maximum atomic E-state index is 13.3. The van der Waals surface area contributed by atoms with Gasteiger partial charge >= 0.3 is 0 Å². The van der Waals surface area contributed by atoms with Crippen LogP contribution >= 0.6 is 0 Å². The van der Waals surface area contributed by atoms with Gasteiger partial charge in [0, 0.05) is 29.2 Å². The number of nitrogens with two attached hydrogens (primary N) is 1. The van der Waals surface area contributed by atoms with Crippen LogP contribution in [0, 0.1) is 17.5 Å². The maximum Gasteiger partial charge on any atom is 0.166 e. The van der Waals surface area contributed by atoms with Crippen molar-refractivity contribution in [3.05, 3.63) is 53.1 Å². The van der Waals surface area contributed by atoms with Crippen molar-refractivity contribution in [2.75, 3.05) is 0 Å². The average molecular weight is 240 g/mol. The van der Waals surface area contributed by atoms with Crippen LogP contribution < -0.4 is 5.73 Å². The Hall–Kier alpha value is -2.04. The highest BCUT2D eigenvalue weighted by molar-refractivity contribution is 5.77. The first kappa shape index (κ1) is 13.0. The Balaban J connectivity index is 3.09. The molecular formula is C12H11F3N2. The van der Waals surface area contributed by atoms with Crippen LogP contribution in [0.1, 0.15) is 12.5 Å². The zero-order chi connectivity index (χ0) is 13.0. The van der Waals surface area contributed by atoms with E-state index in [1.807, 2.05) is 0 Å². The van der Waals surface area contributed by atoms with Crippen LogP contribution in [0.2, 0.25) is 0 Å². The van der Waals surface area contributed by atoms with Crippen molar-refractivity contribution in [3.8, 4) is 0 Å². The highest BCUT2D eigenvalue weighted by Gasteiger charge is 2.09. The Labute approximate surface area is 97.0 Å². The molecule has 0 aromatic heterocycles. The van der Waals surface area contributed by atoms with E-state index in [0.717, 1.165) is 6.07 Å². The third-order valence-corrected chi connectivity index (χ3v) is 1.82. The van der Waals surface area contributed by atoms with Gasteiger partial charge in [-0.2, -0.15) is 0 Å². The fourth-order valence-corrected chi connectivity index (χ4v) is 1.13. The van der Waals surface area contributed by atoms with E-state index in [2.05, 4.69) is 11.6 Å². The van der Waals surface area contributed by atoms with Gasteiger partial charge in [0.2, 0.25) is 0 Å². The van der Waals surface area contributed by atoms with Crippen LogP contribution in [0.15, 0.2) is 35.1 Å². The molecule has 1 aromatic rings. The van der Waals surface area contributed by atoms with Crippen LogP contribution in [0.4, 0.5) is 13.2 Å². The second kappa shape index (κ2) is 5.34. The van der Waals surface area contributed by atoms with Gasteiger partial charge in [0.25, 0.3) is 0 Å². The van der Waals surface area contributed by atoms with Crippen LogP contribution in [0.25, 0.3) is 6.08 Å². The Bertz CT molecular complexity index is 505. The first-order valence-electron chi connectivity index (χ1n) is 4.71. The highest BCUT2D eigenvalue weighted by Crippen LogP contribution is 2.17. The Morgan fingerprint density at radius 2 is 2.00 bits per heavy atom. The van der Waals surface area contributed by atoms with Crippen molar-refractivity contribution in [2.45, 2.75) is 6.92 Å². The number of aliphatic imine (C=N–C) groups is 1. The van der Waals surface area contributed by atoms with E-state index < -0.39 is 17.5 Å². The van der Waals surface area contributed by atoms with E-state index >= 15 is 0 Å². The first-order chi connectivity index (χ1) is 7.90. The summed E-state index contributed by atoms with van der Waals surface area (Å²) in [4.78, 5) is 3.82. The molecule has 1 aromatic carbocycles. The van der Waals surface area contributed by atoms with E-state index in [1.54, 1.807) is 6.92 Å². The number of halogens is 3. The number of hydrogen-bond acceptors (Lipinski definition) is 2. The zero-order valence-electron chi connectivity index (χ0n) is 9.17. The van der Waals surface area contributed by atoms with Gasteiger partial charge in [-0.3, -0.25) is 4.99 Å². The van der Waals surface area contributed by atoms with E-state index in [4.69, 9.17) is 5.73 Å². The summed E-state index contributed by atoms with van der Waals surface area (Å²) in [5.74, 6) is -3.21. The summed E-state index contributed by atoms with van der Waals surface area (Å²) in [6.07, 6.45) is 2.47. The van der Waals surface area contributed by atoms with Crippen molar-refractivity contribution in [3.63, 3.8) is 0 Å². The van der Waals surface area contributed by atoms with Gasteiger partial charge in [-0.1, -0.05) is 6.58 Å². The minimum atomic E-state index is -1.24. The second-order valence-electron chi connectivity index (χ2n) is 3.41. The summed E-state index contributed by atoms with van der Waals surface area (Å²) >= 11 is 0. The van der Waals surface area contributed by atoms with Gasteiger partial charge in [0.05, 0.1) is 0 Å². The van der Waals surface area contributed by atoms with Gasteiger partial charge in [0.1, 0.15) is 5.82 Å². The molecule has 5 heteroatoms. The Kier molecular flexibility index (Phi) is 4.09. The van der Waals surface area contributed by atoms with Crippen LogP contribution in [-0.4, -0.2) is 6.21 Å². The highest BCUT2D eigenvalue weighted by atomic mass is 19.2. The van der Waals surface area contributed by atoms with Gasteiger partial charge in [0.15, 0.2) is 11.6 Å². The lowest BCUT2D eigenvalue weighted by Crippen LogP contribution is -1.95. The van der Waals surface area contributed by atoms with Crippen LogP contribution in [0.5, 0.6) is 0 Å². The molecule has 0 fully saturated rings. The van der Waals surface area contributed by atoms with Crippen molar-refractivity contribution >= 4 is 12.3 Å². The molecule has 17 heavy (non-hydrogen) atoms. The summed E-state index contributed by atoms with van der Waals surface area (Å²) in [5.41, 5.74) is 5.61.